The van der Waals surface area contributed by atoms with Crippen molar-refractivity contribution in [2.45, 2.75) is 19.9 Å². The van der Waals surface area contributed by atoms with Crippen molar-refractivity contribution in [3.8, 4) is 0 Å². The number of aliphatic imine (C=N–C) groups is 1. The predicted molar refractivity (Wildman–Crippen MR) is 91.9 cm³/mol. The minimum Gasteiger partial charge on any atom is -0.356 e. The Bertz CT molecular complexity index is 607. The van der Waals surface area contributed by atoms with E-state index in [1.54, 1.807) is 6.20 Å². The highest BCUT2D eigenvalue weighted by molar-refractivity contribution is 5.79. The number of benzene rings is 1. The molecule has 0 atom stereocenters. The molecular formula is C18H24N4. The number of rotatable bonds is 5. The quantitative estimate of drug-likeness (QED) is 0.681. The molecule has 2 rings (SSSR count). The van der Waals surface area contributed by atoms with Gasteiger partial charge in [0, 0.05) is 39.6 Å². The zero-order chi connectivity index (χ0) is 15.8. The maximum absolute atomic E-state index is 4.36. The third-order valence-corrected chi connectivity index (χ3v) is 3.66. The van der Waals surface area contributed by atoms with Crippen molar-refractivity contribution in [2.24, 2.45) is 4.99 Å². The van der Waals surface area contributed by atoms with Gasteiger partial charge in [-0.15, -0.1) is 0 Å². The lowest BCUT2D eigenvalue weighted by Gasteiger charge is -2.23. The second kappa shape index (κ2) is 8.17. The molecule has 1 aromatic carbocycles. The van der Waals surface area contributed by atoms with Crippen LogP contribution in [0.2, 0.25) is 0 Å². The number of hydrogen-bond acceptors (Lipinski definition) is 2. The summed E-state index contributed by atoms with van der Waals surface area (Å²) in [6.45, 7) is 3.83. The van der Waals surface area contributed by atoms with E-state index in [1.807, 2.05) is 19.3 Å². The lowest BCUT2D eigenvalue weighted by Crippen LogP contribution is -2.39. The number of hydrogen-bond donors (Lipinski definition) is 1. The van der Waals surface area contributed by atoms with E-state index in [0.717, 1.165) is 25.5 Å². The number of aromatic nitrogens is 1. The molecule has 0 aliphatic rings. The monoisotopic (exact) mass is 296 g/mol. The van der Waals surface area contributed by atoms with Crippen LogP contribution in [0.5, 0.6) is 0 Å². The Labute approximate surface area is 132 Å². The van der Waals surface area contributed by atoms with E-state index in [1.165, 1.54) is 16.7 Å². The van der Waals surface area contributed by atoms with Crippen LogP contribution in [0.4, 0.5) is 0 Å². The lowest BCUT2D eigenvalue weighted by atomic mass is 10.1. The molecule has 1 N–H and O–H groups in total. The van der Waals surface area contributed by atoms with E-state index in [-0.39, 0.29) is 0 Å². The Kier molecular flexibility index (Phi) is 5.95. The number of guanidine groups is 1. The van der Waals surface area contributed by atoms with Crippen LogP contribution >= 0.6 is 0 Å². The second-order valence-electron chi connectivity index (χ2n) is 5.37. The first-order valence-electron chi connectivity index (χ1n) is 7.56. The molecule has 0 saturated heterocycles. The van der Waals surface area contributed by atoms with Crippen LogP contribution in [-0.2, 0) is 13.0 Å². The standard InChI is InChI=1S/C18H24N4/c1-15-7-4-5-9-17(15)14-22(3)18(19-2)21-12-10-16-8-6-11-20-13-16/h4-9,11,13H,10,12,14H2,1-3H3,(H,19,21). The molecule has 0 spiro atoms. The van der Waals surface area contributed by atoms with Crippen LogP contribution in [0, 0.1) is 6.92 Å². The maximum Gasteiger partial charge on any atom is 0.193 e. The molecule has 0 unspecified atom stereocenters. The highest BCUT2D eigenvalue weighted by atomic mass is 15.3. The summed E-state index contributed by atoms with van der Waals surface area (Å²) in [6, 6.07) is 12.5. The fourth-order valence-electron chi connectivity index (χ4n) is 2.37. The first-order valence-corrected chi connectivity index (χ1v) is 7.56. The van der Waals surface area contributed by atoms with Gasteiger partial charge in [-0.3, -0.25) is 9.98 Å². The topological polar surface area (TPSA) is 40.5 Å². The Morgan fingerprint density at radius 3 is 2.73 bits per heavy atom. The highest BCUT2D eigenvalue weighted by Crippen LogP contribution is 2.09. The highest BCUT2D eigenvalue weighted by Gasteiger charge is 2.07. The molecule has 0 amide bonds. The number of pyridine rings is 1. The van der Waals surface area contributed by atoms with Gasteiger partial charge in [0.15, 0.2) is 5.96 Å². The van der Waals surface area contributed by atoms with Gasteiger partial charge >= 0.3 is 0 Å². The summed E-state index contributed by atoms with van der Waals surface area (Å²) in [5.74, 6) is 0.909. The van der Waals surface area contributed by atoms with Gasteiger partial charge in [-0.1, -0.05) is 30.3 Å². The zero-order valence-electron chi connectivity index (χ0n) is 13.6. The van der Waals surface area contributed by atoms with E-state index in [4.69, 9.17) is 0 Å². The first-order chi connectivity index (χ1) is 10.7. The lowest BCUT2D eigenvalue weighted by molar-refractivity contribution is 0.476. The number of nitrogens with one attached hydrogen (secondary N) is 1. The average molecular weight is 296 g/mol. The summed E-state index contributed by atoms with van der Waals surface area (Å²) in [7, 11) is 3.88. The van der Waals surface area contributed by atoms with Crippen LogP contribution in [0.3, 0.4) is 0 Å². The molecule has 4 nitrogen and oxygen atoms in total. The summed E-state index contributed by atoms with van der Waals surface area (Å²) in [6.07, 6.45) is 4.64. The molecule has 0 aliphatic carbocycles. The van der Waals surface area contributed by atoms with Gasteiger partial charge in [0.1, 0.15) is 0 Å². The summed E-state index contributed by atoms with van der Waals surface area (Å²) < 4.78 is 0. The third-order valence-electron chi connectivity index (χ3n) is 3.66. The summed E-state index contributed by atoms with van der Waals surface area (Å²) in [5.41, 5.74) is 3.85. The molecule has 1 aromatic heterocycles. The third kappa shape index (κ3) is 4.58. The molecule has 0 saturated carbocycles. The number of aryl methyl sites for hydroxylation is 1. The molecule has 0 radical (unpaired) electrons. The SMILES string of the molecule is CN=C(NCCc1cccnc1)N(C)Cc1ccccc1C. The minimum absolute atomic E-state index is 0.844. The Morgan fingerprint density at radius 2 is 2.05 bits per heavy atom. The predicted octanol–water partition coefficient (Wildman–Crippen LogP) is 2.64. The van der Waals surface area contributed by atoms with Crippen LogP contribution in [0.25, 0.3) is 0 Å². The molecule has 1 heterocycles. The van der Waals surface area contributed by atoms with E-state index >= 15 is 0 Å². The molecule has 4 heteroatoms. The number of nitrogens with zero attached hydrogens (tertiary/aromatic N) is 3. The molecule has 116 valence electrons. The summed E-state index contributed by atoms with van der Waals surface area (Å²) in [4.78, 5) is 10.6. The van der Waals surface area contributed by atoms with Crippen LogP contribution in [0.15, 0.2) is 53.8 Å². The molecule has 22 heavy (non-hydrogen) atoms. The minimum atomic E-state index is 0.844. The smallest absolute Gasteiger partial charge is 0.193 e. The van der Waals surface area contributed by atoms with Gasteiger partial charge in [0.05, 0.1) is 0 Å². The normalized spacial score (nSPS) is 11.3. The van der Waals surface area contributed by atoms with Crippen LogP contribution < -0.4 is 5.32 Å². The maximum atomic E-state index is 4.36. The molecule has 0 aliphatic heterocycles. The Balaban J connectivity index is 1.87. The van der Waals surface area contributed by atoms with Crippen molar-refractivity contribution >= 4 is 5.96 Å². The van der Waals surface area contributed by atoms with E-state index in [0.29, 0.717) is 0 Å². The van der Waals surface area contributed by atoms with Gasteiger partial charge < -0.3 is 10.2 Å². The van der Waals surface area contributed by atoms with Crippen LogP contribution in [-0.4, -0.2) is 36.5 Å². The second-order valence-corrected chi connectivity index (χ2v) is 5.37. The fourth-order valence-corrected chi connectivity index (χ4v) is 2.37. The zero-order valence-corrected chi connectivity index (χ0v) is 13.6. The molecule has 0 bridgehead atoms. The van der Waals surface area contributed by atoms with Crippen molar-refractivity contribution in [1.82, 2.24) is 15.2 Å². The van der Waals surface area contributed by atoms with Gasteiger partial charge in [-0.05, 0) is 36.1 Å². The Hall–Kier alpha value is -2.36. The van der Waals surface area contributed by atoms with Crippen molar-refractivity contribution in [2.75, 3.05) is 20.6 Å². The van der Waals surface area contributed by atoms with Crippen molar-refractivity contribution in [1.29, 1.82) is 0 Å². The van der Waals surface area contributed by atoms with Gasteiger partial charge in [-0.2, -0.15) is 0 Å². The molecular weight excluding hydrogens is 272 g/mol. The van der Waals surface area contributed by atoms with E-state index < -0.39 is 0 Å². The van der Waals surface area contributed by atoms with Gasteiger partial charge in [0.25, 0.3) is 0 Å². The summed E-state index contributed by atoms with van der Waals surface area (Å²) >= 11 is 0. The van der Waals surface area contributed by atoms with Gasteiger partial charge in [0.2, 0.25) is 0 Å². The molecule has 0 fully saturated rings. The first kappa shape index (κ1) is 16.0. The van der Waals surface area contributed by atoms with Crippen molar-refractivity contribution in [3.05, 3.63) is 65.5 Å². The fraction of sp³-hybridized carbons (Fsp3) is 0.333. The molecule has 2 aromatic rings. The van der Waals surface area contributed by atoms with Gasteiger partial charge in [-0.25, -0.2) is 0 Å². The van der Waals surface area contributed by atoms with E-state index in [9.17, 15) is 0 Å². The Morgan fingerprint density at radius 1 is 1.23 bits per heavy atom. The van der Waals surface area contributed by atoms with Crippen molar-refractivity contribution in [3.63, 3.8) is 0 Å². The average Bonchev–Trinajstić information content (AvgIpc) is 2.54. The van der Waals surface area contributed by atoms with E-state index in [2.05, 4.69) is 64.5 Å². The summed E-state index contributed by atoms with van der Waals surface area (Å²) in [5, 5.41) is 3.41. The van der Waals surface area contributed by atoms with Crippen LogP contribution in [0.1, 0.15) is 16.7 Å². The van der Waals surface area contributed by atoms with Crippen molar-refractivity contribution < 1.29 is 0 Å². The largest absolute Gasteiger partial charge is 0.356 e.